The molecule has 0 radical (unpaired) electrons. The molecule has 1 rings (SSSR count). The van der Waals surface area contributed by atoms with Crippen LogP contribution in [0.1, 0.15) is 6.42 Å². The normalized spacial score (nSPS) is 27.1. The Balaban J connectivity index is 2.21. The van der Waals surface area contributed by atoms with Crippen LogP contribution in [0.2, 0.25) is 0 Å². The van der Waals surface area contributed by atoms with E-state index in [1.807, 2.05) is 0 Å². The number of hydrogen-bond donors (Lipinski definition) is 1. The van der Waals surface area contributed by atoms with Gasteiger partial charge in [0.2, 0.25) is 0 Å². The molecule has 3 heteroatoms. The first-order chi connectivity index (χ1) is 4.86. The van der Waals surface area contributed by atoms with Gasteiger partial charge in [-0.15, -0.1) is 0 Å². The van der Waals surface area contributed by atoms with Gasteiger partial charge in [0.15, 0.2) is 0 Å². The van der Waals surface area contributed by atoms with Crippen LogP contribution in [-0.2, 0) is 4.79 Å². The molecule has 1 fully saturated rings. The van der Waals surface area contributed by atoms with Crippen LogP contribution < -0.4 is 0 Å². The Morgan fingerprint density at radius 1 is 1.70 bits per heavy atom. The van der Waals surface area contributed by atoms with Crippen LogP contribution in [0.3, 0.4) is 0 Å². The predicted molar refractivity (Wildman–Crippen MR) is 37.7 cm³/mol. The second-order valence-electron chi connectivity index (χ2n) is 2.76. The quantitative estimate of drug-likeness (QED) is 0.541. The average molecular weight is 143 g/mol. The topological polar surface area (TPSA) is 40.5 Å². The third kappa shape index (κ3) is 1.78. The van der Waals surface area contributed by atoms with Crippen molar-refractivity contribution < 1.29 is 9.90 Å². The molecule has 10 heavy (non-hydrogen) atoms. The van der Waals surface area contributed by atoms with Gasteiger partial charge in [-0.05, 0) is 18.9 Å². The smallest absolute Gasteiger partial charge is 0.133 e. The van der Waals surface area contributed by atoms with Gasteiger partial charge < -0.3 is 9.90 Å². The van der Waals surface area contributed by atoms with Gasteiger partial charge in [0.25, 0.3) is 0 Å². The van der Waals surface area contributed by atoms with E-state index in [9.17, 15) is 4.79 Å². The van der Waals surface area contributed by atoms with Crippen LogP contribution in [0.5, 0.6) is 0 Å². The number of carbonyl (C=O) groups excluding carboxylic acids is 1. The third-order valence-corrected chi connectivity index (χ3v) is 1.96. The highest BCUT2D eigenvalue weighted by Crippen LogP contribution is 2.13. The highest BCUT2D eigenvalue weighted by Gasteiger charge is 2.20. The van der Waals surface area contributed by atoms with E-state index in [1.165, 1.54) is 0 Å². The van der Waals surface area contributed by atoms with Crippen LogP contribution in [0.25, 0.3) is 0 Å². The minimum atomic E-state index is 0.259. The highest BCUT2D eigenvalue weighted by molar-refractivity contribution is 5.52. The zero-order chi connectivity index (χ0) is 7.40. The molecule has 1 saturated heterocycles. The van der Waals surface area contributed by atoms with Gasteiger partial charge in [0, 0.05) is 13.2 Å². The lowest BCUT2D eigenvalue weighted by Crippen LogP contribution is -2.23. The van der Waals surface area contributed by atoms with E-state index < -0.39 is 0 Å². The molecule has 3 nitrogen and oxygen atoms in total. The summed E-state index contributed by atoms with van der Waals surface area (Å²) in [5.74, 6) is 0.403. The van der Waals surface area contributed by atoms with Crippen LogP contribution in [-0.4, -0.2) is 42.5 Å². The van der Waals surface area contributed by atoms with E-state index >= 15 is 0 Å². The number of nitrogens with zero attached hydrogens (tertiary/aromatic N) is 1. The lowest BCUT2D eigenvalue weighted by Gasteiger charge is -2.09. The summed E-state index contributed by atoms with van der Waals surface area (Å²) in [5.41, 5.74) is 0. The van der Waals surface area contributed by atoms with Gasteiger partial charge in [-0.1, -0.05) is 0 Å². The van der Waals surface area contributed by atoms with Crippen LogP contribution in [0, 0.1) is 5.92 Å². The SMILES string of the molecule is O=CCN1CCC(CO)C1. The summed E-state index contributed by atoms with van der Waals surface area (Å²) in [5, 5.41) is 8.74. The maximum Gasteiger partial charge on any atom is 0.133 e. The van der Waals surface area contributed by atoms with E-state index in [2.05, 4.69) is 4.90 Å². The number of carbonyl (C=O) groups is 1. The summed E-state index contributed by atoms with van der Waals surface area (Å²) in [6.45, 7) is 2.63. The minimum absolute atomic E-state index is 0.259. The van der Waals surface area contributed by atoms with Crippen molar-refractivity contribution >= 4 is 6.29 Å². The maximum absolute atomic E-state index is 10.1. The van der Waals surface area contributed by atoms with Crippen molar-refractivity contribution in [2.75, 3.05) is 26.2 Å². The van der Waals surface area contributed by atoms with Crippen LogP contribution >= 0.6 is 0 Å². The average Bonchev–Trinajstić information content (AvgIpc) is 2.37. The lowest BCUT2D eigenvalue weighted by molar-refractivity contribution is -0.108. The summed E-state index contributed by atoms with van der Waals surface area (Å²) in [6, 6.07) is 0. The number of likely N-dealkylation sites (tertiary alicyclic amines) is 1. The molecule has 0 aromatic heterocycles. The van der Waals surface area contributed by atoms with Crippen LogP contribution in [0.4, 0.5) is 0 Å². The molecule has 0 saturated carbocycles. The second-order valence-corrected chi connectivity index (χ2v) is 2.76. The number of aliphatic hydroxyl groups excluding tert-OH is 1. The Bertz CT molecular complexity index is 116. The lowest BCUT2D eigenvalue weighted by atomic mass is 10.1. The van der Waals surface area contributed by atoms with E-state index in [1.54, 1.807) is 0 Å². The molecule has 1 aliphatic rings. The minimum Gasteiger partial charge on any atom is -0.396 e. The second kappa shape index (κ2) is 3.68. The summed E-state index contributed by atoms with van der Waals surface area (Å²) in [6.07, 6.45) is 1.95. The molecule has 1 aliphatic heterocycles. The molecule has 0 bridgehead atoms. The molecule has 1 atom stereocenters. The summed E-state index contributed by atoms with van der Waals surface area (Å²) >= 11 is 0. The fourth-order valence-electron chi connectivity index (χ4n) is 1.33. The van der Waals surface area contributed by atoms with E-state index in [-0.39, 0.29) is 6.61 Å². The van der Waals surface area contributed by atoms with Crippen molar-refractivity contribution in [3.05, 3.63) is 0 Å². The number of rotatable bonds is 3. The molecule has 1 heterocycles. The number of hydrogen-bond acceptors (Lipinski definition) is 3. The first kappa shape index (κ1) is 7.69. The van der Waals surface area contributed by atoms with Gasteiger partial charge in [-0.3, -0.25) is 4.90 Å². The van der Waals surface area contributed by atoms with Gasteiger partial charge in [-0.25, -0.2) is 0 Å². The van der Waals surface area contributed by atoms with Gasteiger partial charge >= 0.3 is 0 Å². The Kier molecular flexibility index (Phi) is 2.83. The Hall–Kier alpha value is -0.410. The molecule has 0 amide bonds. The summed E-state index contributed by atoms with van der Waals surface area (Å²) in [7, 11) is 0. The molecule has 0 aromatic rings. The van der Waals surface area contributed by atoms with Crippen molar-refractivity contribution in [3.63, 3.8) is 0 Å². The number of aliphatic hydroxyl groups is 1. The molecule has 0 aliphatic carbocycles. The largest absolute Gasteiger partial charge is 0.396 e. The molecule has 0 aromatic carbocycles. The molecule has 1 N–H and O–H groups in total. The predicted octanol–water partition coefficient (Wildman–Crippen LogP) is -0.500. The van der Waals surface area contributed by atoms with E-state index in [0.29, 0.717) is 12.5 Å². The fraction of sp³-hybridized carbons (Fsp3) is 0.857. The molecule has 0 spiro atoms. The first-order valence-electron chi connectivity index (χ1n) is 3.63. The van der Waals surface area contributed by atoms with Crippen molar-refractivity contribution in [2.24, 2.45) is 5.92 Å². The fourth-order valence-corrected chi connectivity index (χ4v) is 1.33. The number of aldehydes is 1. The van der Waals surface area contributed by atoms with Crippen molar-refractivity contribution in [2.45, 2.75) is 6.42 Å². The standard InChI is InChI=1S/C7H13NO2/c9-4-3-8-2-1-7(5-8)6-10/h4,7,10H,1-3,5-6H2. The van der Waals surface area contributed by atoms with Gasteiger partial charge in [-0.2, -0.15) is 0 Å². The summed E-state index contributed by atoms with van der Waals surface area (Å²) in [4.78, 5) is 12.1. The zero-order valence-corrected chi connectivity index (χ0v) is 5.99. The Morgan fingerprint density at radius 3 is 3.00 bits per heavy atom. The van der Waals surface area contributed by atoms with Crippen LogP contribution in [0.15, 0.2) is 0 Å². The maximum atomic E-state index is 10.1. The van der Waals surface area contributed by atoms with Crippen molar-refractivity contribution in [1.29, 1.82) is 0 Å². The molecule has 58 valence electrons. The molecule has 1 unspecified atom stereocenters. The molecular weight excluding hydrogens is 130 g/mol. The third-order valence-electron chi connectivity index (χ3n) is 1.96. The first-order valence-corrected chi connectivity index (χ1v) is 3.63. The van der Waals surface area contributed by atoms with E-state index in [4.69, 9.17) is 5.11 Å². The van der Waals surface area contributed by atoms with Crippen molar-refractivity contribution in [1.82, 2.24) is 4.90 Å². The monoisotopic (exact) mass is 143 g/mol. The van der Waals surface area contributed by atoms with E-state index in [0.717, 1.165) is 25.8 Å². The Morgan fingerprint density at radius 2 is 2.50 bits per heavy atom. The summed E-state index contributed by atoms with van der Waals surface area (Å²) < 4.78 is 0. The highest BCUT2D eigenvalue weighted by atomic mass is 16.3. The Labute approximate surface area is 60.6 Å². The molecular formula is C7H13NO2. The van der Waals surface area contributed by atoms with Gasteiger partial charge in [0.1, 0.15) is 6.29 Å². The van der Waals surface area contributed by atoms with Crippen molar-refractivity contribution in [3.8, 4) is 0 Å². The van der Waals surface area contributed by atoms with Gasteiger partial charge in [0.05, 0.1) is 6.54 Å². The zero-order valence-electron chi connectivity index (χ0n) is 5.99.